The first-order chi connectivity index (χ1) is 11.2. The molecule has 1 aliphatic rings. The van der Waals surface area contributed by atoms with Crippen molar-refractivity contribution in [2.45, 2.75) is 33.4 Å². The molecule has 0 aliphatic carbocycles. The number of ether oxygens (including phenoxy) is 1. The molecule has 124 valence electrons. The van der Waals surface area contributed by atoms with Crippen molar-refractivity contribution in [3.8, 4) is 5.75 Å². The molecule has 0 amide bonds. The van der Waals surface area contributed by atoms with Crippen LogP contribution in [0.3, 0.4) is 0 Å². The Bertz CT molecular complexity index is 666. The molecule has 0 spiro atoms. The molecule has 5 nitrogen and oxygen atoms in total. The first-order valence-electron chi connectivity index (χ1n) is 8.24. The van der Waals surface area contributed by atoms with Crippen molar-refractivity contribution in [1.82, 2.24) is 15.1 Å². The van der Waals surface area contributed by atoms with E-state index in [9.17, 15) is 0 Å². The third-order valence-electron chi connectivity index (χ3n) is 4.53. The quantitative estimate of drug-likeness (QED) is 0.854. The molecule has 2 N–H and O–H groups in total. The van der Waals surface area contributed by atoms with Gasteiger partial charge in [0.25, 0.3) is 0 Å². The number of hydrogen-bond donors (Lipinski definition) is 2. The van der Waals surface area contributed by atoms with Gasteiger partial charge < -0.3 is 15.2 Å². The van der Waals surface area contributed by atoms with Crippen molar-refractivity contribution >= 4 is 0 Å². The summed E-state index contributed by atoms with van der Waals surface area (Å²) in [6.07, 6.45) is 1.06. The van der Waals surface area contributed by atoms with Crippen molar-refractivity contribution < 1.29 is 9.84 Å². The van der Waals surface area contributed by atoms with E-state index in [-0.39, 0.29) is 6.61 Å². The van der Waals surface area contributed by atoms with Gasteiger partial charge in [-0.2, -0.15) is 5.10 Å². The van der Waals surface area contributed by atoms with E-state index < -0.39 is 0 Å². The number of hydrogen-bond acceptors (Lipinski definition) is 4. The zero-order chi connectivity index (χ0) is 16.2. The molecule has 5 heteroatoms. The number of nitrogens with one attached hydrogen (secondary N) is 1. The summed E-state index contributed by atoms with van der Waals surface area (Å²) in [4.78, 5) is 0. The maximum absolute atomic E-state index is 9.08. The van der Waals surface area contributed by atoms with Gasteiger partial charge in [-0.3, -0.25) is 4.68 Å². The van der Waals surface area contributed by atoms with Gasteiger partial charge in [0, 0.05) is 30.3 Å². The molecule has 0 bridgehead atoms. The molecule has 2 heterocycles. The number of aromatic nitrogens is 2. The molecule has 3 rings (SSSR count). The van der Waals surface area contributed by atoms with Crippen LogP contribution in [-0.2, 0) is 19.5 Å². The van der Waals surface area contributed by atoms with E-state index in [1.807, 2.05) is 23.7 Å². The molecule has 1 atom stereocenters. The summed E-state index contributed by atoms with van der Waals surface area (Å²) >= 11 is 0. The molecule has 1 aromatic heterocycles. The number of fused-ring (bicyclic) bond motifs is 1. The smallest absolute Gasteiger partial charge is 0.122 e. The maximum Gasteiger partial charge on any atom is 0.122 e. The Morgan fingerprint density at radius 2 is 2.17 bits per heavy atom. The summed E-state index contributed by atoms with van der Waals surface area (Å²) < 4.78 is 7.72. The predicted molar refractivity (Wildman–Crippen MR) is 89.6 cm³/mol. The minimum atomic E-state index is 0.119. The third-order valence-corrected chi connectivity index (χ3v) is 4.53. The molecule has 23 heavy (non-hydrogen) atoms. The van der Waals surface area contributed by atoms with Gasteiger partial charge in [-0.05, 0) is 31.9 Å². The van der Waals surface area contributed by atoms with Crippen molar-refractivity contribution in [2.24, 2.45) is 5.92 Å². The minimum Gasteiger partial charge on any atom is -0.493 e. The number of benzene rings is 1. The SMILES string of the molecule is Cc1nn(CCO)c(C)c1CNCC1COc2ccccc2C1. The zero-order valence-corrected chi connectivity index (χ0v) is 13.9. The summed E-state index contributed by atoms with van der Waals surface area (Å²) in [7, 11) is 0. The fourth-order valence-corrected chi connectivity index (χ4v) is 3.23. The lowest BCUT2D eigenvalue weighted by Gasteiger charge is -2.25. The summed E-state index contributed by atoms with van der Waals surface area (Å²) in [6, 6.07) is 8.28. The van der Waals surface area contributed by atoms with Gasteiger partial charge in [0.15, 0.2) is 0 Å². The fraction of sp³-hybridized carbons (Fsp3) is 0.500. The van der Waals surface area contributed by atoms with E-state index in [0.29, 0.717) is 12.5 Å². The largest absolute Gasteiger partial charge is 0.493 e. The normalized spacial score (nSPS) is 16.9. The Morgan fingerprint density at radius 3 is 3.00 bits per heavy atom. The molecular weight excluding hydrogens is 290 g/mol. The van der Waals surface area contributed by atoms with E-state index >= 15 is 0 Å². The average Bonchev–Trinajstić information content (AvgIpc) is 2.82. The fourth-order valence-electron chi connectivity index (χ4n) is 3.23. The molecule has 0 fully saturated rings. The van der Waals surface area contributed by atoms with Crippen LogP contribution in [-0.4, -0.2) is 34.6 Å². The lowest BCUT2D eigenvalue weighted by molar-refractivity contribution is 0.218. The van der Waals surface area contributed by atoms with Crippen LogP contribution in [0.2, 0.25) is 0 Å². The van der Waals surface area contributed by atoms with Crippen LogP contribution in [0.4, 0.5) is 0 Å². The number of nitrogens with zero attached hydrogens (tertiary/aromatic N) is 2. The highest BCUT2D eigenvalue weighted by atomic mass is 16.5. The molecule has 0 saturated heterocycles. The Kier molecular flexibility index (Phi) is 4.98. The molecule has 1 unspecified atom stereocenters. The van der Waals surface area contributed by atoms with Gasteiger partial charge in [-0.1, -0.05) is 18.2 Å². The van der Waals surface area contributed by atoms with Crippen LogP contribution in [0.1, 0.15) is 22.5 Å². The lowest BCUT2D eigenvalue weighted by atomic mass is 9.96. The highest BCUT2D eigenvalue weighted by Crippen LogP contribution is 2.26. The summed E-state index contributed by atoms with van der Waals surface area (Å²) in [5.41, 5.74) is 4.70. The average molecular weight is 315 g/mol. The highest BCUT2D eigenvalue weighted by molar-refractivity contribution is 5.35. The first-order valence-corrected chi connectivity index (χ1v) is 8.24. The third kappa shape index (κ3) is 3.57. The molecular formula is C18H25N3O2. The standard InChI is InChI=1S/C18H25N3O2/c1-13-17(14(2)21(20-13)7-8-22)11-19-10-15-9-16-5-3-4-6-18(16)23-12-15/h3-6,15,19,22H,7-12H2,1-2H3. The summed E-state index contributed by atoms with van der Waals surface area (Å²) in [6.45, 7) is 7.27. The summed E-state index contributed by atoms with van der Waals surface area (Å²) in [5, 5.41) is 17.1. The predicted octanol–water partition coefficient (Wildman–Crippen LogP) is 1.83. The van der Waals surface area contributed by atoms with Crippen LogP contribution in [0.25, 0.3) is 0 Å². The number of aryl methyl sites for hydroxylation is 1. The number of aliphatic hydroxyl groups is 1. The van der Waals surface area contributed by atoms with Gasteiger partial charge in [-0.25, -0.2) is 0 Å². The van der Waals surface area contributed by atoms with Crippen molar-refractivity contribution in [3.05, 3.63) is 46.8 Å². The number of para-hydroxylation sites is 1. The van der Waals surface area contributed by atoms with Gasteiger partial charge in [-0.15, -0.1) is 0 Å². The Hall–Kier alpha value is -1.85. The number of aliphatic hydroxyl groups excluding tert-OH is 1. The lowest BCUT2D eigenvalue weighted by Crippen LogP contribution is -2.31. The summed E-state index contributed by atoms with van der Waals surface area (Å²) in [5.74, 6) is 1.53. The van der Waals surface area contributed by atoms with Gasteiger partial charge in [0.05, 0.1) is 25.5 Å². The second-order valence-electron chi connectivity index (χ2n) is 6.22. The monoisotopic (exact) mass is 315 g/mol. The van der Waals surface area contributed by atoms with Crippen molar-refractivity contribution in [3.63, 3.8) is 0 Å². The van der Waals surface area contributed by atoms with Crippen LogP contribution in [0, 0.1) is 19.8 Å². The van der Waals surface area contributed by atoms with E-state index in [2.05, 4.69) is 29.5 Å². The molecule has 2 aromatic rings. The second kappa shape index (κ2) is 7.15. The first kappa shape index (κ1) is 16.0. The van der Waals surface area contributed by atoms with Crippen LogP contribution >= 0.6 is 0 Å². The Morgan fingerprint density at radius 1 is 1.35 bits per heavy atom. The Labute approximate surface area is 137 Å². The Balaban J connectivity index is 1.55. The molecule has 0 saturated carbocycles. The van der Waals surface area contributed by atoms with E-state index in [1.54, 1.807) is 0 Å². The second-order valence-corrected chi connectivity index (χ2v) is 6.22. The van der Waals surface area contributed by atoms with Crippen LogP contribution in [0.5, 0.6) is 5.75 Å². The van der Waals surface area contributed by atoms with E-state index in [0.717, 1.165) is 43.3 Å². The molecule has 1 aromatic carbocycles. The molecule has 1 aliphatic heterocycles. The molecule has 0 radical (unpaired) electrons. The van der Waals surface area contributed by atoms with Gasteiger partial charge in [0.1, 0.15) is 5.75 Å². The van der Waals surface area contributed by atoms with Crippen LogP contribution < -0.4 is 10.1 Å². The van der Waals surface area contributed by atoms with Crippen LogP contribution in [0.15, 0.2) is 24.3 Å². The van der Waals surface area contributed by atoms with E-state index in [4.69, 9.17) is 9.84 Å². The van der Waals surface area contributed by atoms with Gasteiger partial charge in [0.2, 0.25) is 0 Å². The highest BCUT2D eigenvalue weighted by Gasteiger charge is 2.19. The topological polar surface area (TPSA) is 59.3 Å². The van der Waals surface area contributed by atoms with Gasteiger partial charge >= 0.3 is 0 Å². The maximum atomic E-state index is 9.08. The van der Waals surface area contributed by atoms with E-state index in [1.165, 1.54) is 11.1 Å². The van der Waals surface area contributed by atoms with Crippen molar-refractivity contribution in [1.29, 1.82) is 0 Å². The number of rotatable bonds is 6. The zero-order valence-electron chi connectivity index (χ0n) is 13.9. The van der Waals surface area contributed by atoms with Crippen molar-refractivity contribution in [2.75, 3.05) is 19.8 Å². The minimum absolute atomic E-state index is 0.119.